The number of hydrogen-bond acceptors (Lipinski definition) is 5. The van der Waals surface area contributed by atoms with Gasteiger partial charge in [0.25, 0.3) is 0 Å². The quantitative estimate of drug-likeness (QED) is 0.618. The largest absolute Gasteiger partial charge is 0.497 e. The molecule has 10 heteroatoms. The van der Waals surface area contributed by atoms with E-state index in [0.717, 1.165) is 12.1 Å². The Bertz CT molecular complexity index is 1050. The topological polar surface area (TPSA) is 77.1 Å². The van der Waals surface area contributed by atoms with Crippen LogP contribution in [0.15, 0.2) is 59.8 Å². The van der Waals surface area contributed by atoms with Gasteiger partial charge in [0.2, 0.25) is 0 Å². The number of rotatable bonds is 7. The molecule has 0 spiro atoms. The number of nitrogens with one attached hydrogen (secondary N) is 1. The van der Waals surface area contributed by atoms with Crippen LogP contribution in [0, 0.1) is 0 Å². The van der Waals surface area contributed by atoms with Crippen molar-refractivity contribution in [1.29, 1.82) is 0 Å². The average Bonchev–Trinajstić information content (AvgIpc) is 2.79. The van der Waals surface area contributed by atoms with Gasteiger partial charge in [-0.2, -0.15) is 13.2 Å². The fourth-order valence-corrected chi connectivity index (χ4v) is 3.34. The predicted octanol–water partition coefficient (Wildman–Crippen LogP) is 4.31. The standard InChI is InChI=1S/C23H23F3N2O5/c1-4-32-21(29)19-18(13-33-17-7-5-6-15(12-17)23(24,25)26)28(2)22(30)27-20(19)14-8-10-16(31-3)11-9-14/h5-12,20H,4,13H2,1-3H3,(H,27,30)/t20-/m1/s1. The Hall–Kier alpha value is -3.69. The third-order valence-corrected chi connectivity index (χ3v) is 5.06. The van der Waals surface area contributed by atoms with E-state index in [2.05, 4.69) is 5.32 Å². The minimum absolute atomic E-state index is 0.0547. The first-order valence-corrected chi connectivity index (χ1v) is 10.0. The molecule has 1 aliphatic rings. The molecule has 176 valence electrons. The number of alkyl halides is 3. The molecule has 0 fully saturated rings. The Balaban J connectivity index is 2.00. The van der Waals surface area contributed by atoms with Crippen molar-refractivity contribution in [3.63, 3.8) is 0 Å². The van der Waals surface area contributed by atoms with Crippen LogP contribution in [0.25, 0.3) is 0 Å². The zero-order chi connectivity index (χ0) is 24.2. The highest BCUT2D eigenvalue weighted by molar-refractivity contribution is 5.95. The first kappa shape index (κ1) is 24.0. The lowest BCUT2D eigenvalue weighted by Gasteiger charge is -2.34. The summed E-state index contributed by atoms with van der Waals surface area (Å²) < 4.78 is 55.0. The molecule has 1 N–H and O–H groups in total. The number of urea groups is 1. The fourth-order valence-electron chi connectivity index (χ4n) is 3.34. The van der Waals surface area contributed by atoms with Crippen LogP contribution >= 0.6 is 0 Å². The van der Waals surface area contributed by atoms with Crippen LogP contribution in [0.1, 0.15) is 24.1 Å². The molecule has 0 radical (unpaired) electrons. The van der Waals surface area contributed by atoms with Gasteiger partial charge in [0, 0.05) is 7.05 Å². The predicted molar refractivity (Wildman–Crippen MR) is 113 cm³/mol. The number of carbonyl (C=O) groups excluding carboxylic acids is 2. The van der Waals surface area contributed by atoms with E-state index < -0.39 is 29.8 Å². The van der Waals surface area contributed by atoms with Gasteiger partial charge in [-0.05, 0) is 42.8 Å². The zero-order valence-corrected chi connectivity index (χ0v) is 18.2. The van der Waals surface area contributed by atoms with Crippen LogP contribution in [0.5, 0.6) is 11.5 Å². The van der Waals surface area contributed by atoms with E-state index in [1.54, 1.807) is 31.2 Å². The van der Waals surface area contributed by atoms with Crippen LogP contribution < -0.4 is 14.8 Å². The monoisotopic (exact) mass is 464 g/mol. The molecule has 0 aliphatic carbocycles. The molecule has 2 aromatic rings. The zero-order valence-electron chi connectivity index (χ0n) is 18.2. The summed E-state index contributed by atoms with van der Waals surface area (Å²) in [5.74, 6) is -0.138. The Labute approximate surface area is 188 Å². The number of esters is 1. The summed E-state index contributed by atoms with van der Waals surface area (Å²) in [6.07, 6.45) is -4.53. The molecule has 2 aromatic carbocycles. The molecule has 1 heterocycles. The molecule has 0 unspecified atom stereocenters. The number of benzene rings is 2. The lowest BCUT2D eigenvalue weighted by Crippen LogP contribution is -2.48. The average molecular weight is 464 g/mol. The van der Waals surface area contributed by atoms with Gasteiger partial charge in [0.05, 0.1) is 36.6 Å². The summed E-state index contributed by atoms with van der Waals surface area (Å²) in [5, 5.41) is 2.75. The Morgan fingerprint density at radius 2 is 1.82 bits per heavy atom. The SMILES string of the molecule is CCOC(=O)C1=C(COc2cccc(C(F)(F)F)c2)N(C)C(=O)N[C@@H]1c1ccc(OC)cc1. The normalized spacial score (nSPS) is 16.4. The molecule has 0 saturated heterocycles. The molecule has 2 amide bonds. The first-order chi connectivity index (χ1) is 15.7. The molecule has 1 atom stereocenters. The summed E-state index contributed by atoms with van der Waals surface area (Å²) >= 11 is 0. The first-order valence-electron chi connectivity index (χ1n) is 10.0. The van der Waals surface area contributed by atoms with Crippen molar-refractivity contribution in [2.24, 2.45) is 0 Å². The number of amides is 2. The van der Waals surface area contributed by atoms with Gasteiger partial charge in [-0.15, -0.1) is 0 Å². The molecule has 0 saturated carbocycles. The van der Waals surface area contributed by atoms with E-state index in [0.29, 0.717) is 11.3 Å². The van der Waals surface area contributed by atoms with Crippen LogP contribution in [-0.2, 0) is 15.7 Å². The summed E-state index contributed by atoms with van der Waals surface area (Å²) in [6, 6.07) is 9.76. The molecule has 33 heavy (non-hydrogen) atoms. The second-order valence-electron chi connectivity index (χ2n) is 7.11. The highest BCUT2D eigenvalue weighted by Crippen LogP contribution is 2.34. The maximum atomic E-state index is 13.0. The number of methoxy groups -OCH3 is 1. The Morgan fingerprint density at radius 3 is 2.42 bits per heavy atom. The van der Waals surface area contributed by atoms with E-state index in [9.17, 15) is 22.8 Å². The number of carbonyl (C=O) groups is 2. The minimum Gasteiger partial charge on any atom is -0.497 e. The van der Waals surface area contributed by atoms with E-state index in [1.807, 2.05) is 0 Å². The van der Waals surface area contributed by atoms with Gasteiger partial charge in [-0.1, -0.05) is 18.2 Å². The highest BCUT2D eigenvalue weighted by Gasteiger charge is 2.37. The van der Waals surface area contributed by atoms with Gasteiger partial charge >= 0.3 is 18.2 Å². The molecule has 0 bridgehead atoms. The number of halogens is 3. The van der Waals surface area contributed by atoms with Gasteiger partial charge in [0.15, 0.2) is 0 Å². The smallest absolute Gasteiger partial charge is 0.416 e. The number of ether oxygens (including phenoxy) is 3. The van der Waals surface area contributed by atoms with Crippen molar-refractivity contribution in [1.82, 2.24) is 10.2 Å². The van der Waals surface area contributed by atoms with E-state index >= 15 is 0 Å². The lowest BCUT2D eigenvalue weighted by atomic mass is 9.94. The third kappa shape index (κ3) is 5.39. The molecule has 3 rings (SSSR count). The Morgan fingerprint density at radius 1 is 1.12 bits per heavy atom. The second kappa shape index (κ2) is 9.85. The van der Waals surface area contributed by atoms with Crippen molar-refractivity contribution in [2.75, 3.05) is 27.4 Å². The number of nitrogens with zero attached hydrogens (tertiary/aromatic N) is 1. The summed E-state index contributed by atoms with van der Waals surface area (Å²) in [5.41, 5.74) is 0.0221. The minimum atomic E-state index is -4.53. The van der Waals surface area contributed by atoms with E-state index in [1.165, 1.54) is 31.2 Å². The maximum absolute atomic E-state index is 13.0. The van der Waals surface area contributed by atoms with Crippen LogP contribution in [0.3, 0.4) is 0 Å². The Kier molecular flexibility index (Phi) is 7.15. The van der Waals surface area contributed by atoms with Gasteiger partial charge < -0.3 is 19.5 Å². The number of likely N-dealkylation sites (N-methyl/N-ethyl adjacent to an activating group) is 1. The summed E-state index contributed by atoms with van der Waals surface area (Å²) in [7, 11) is 2.95. The van der Waals surface area contributed by atoms with Crippen molar-refractivity contribution in [3.8, 4) is 11.5 Å². The van der Waals surface area contributed by atoms with Crippen LogP contribution in [0.4, 0.5) is 18.0 Å². The van der Waals surface area contributed by atoms with Crippen molar-refractivity contribution in [2.45, 2.75) is 19.1 Å². The molecule has 1 aliphatic heterocycles. The van der Waals surface area contributed by atoms with Gasteiger partial charge in [-0.3, -0.25) is 4.90 Å². The molecule has 0 aromatic heterocycles. The van der Waals surface area contributed by atoms with Crippen LogP contribution in [0.2, 0.25) is 0 Å². The molecular weight excluding hydrogens is 441 g/mol. The molecular formula is C23H23F3N2O5. The maximum Gasteiger partial charge on any atom is 0.416 e. The summed E-state index contributed by atoms with van der Waals surface area (Å²) in [6.45, 7) is 1.41. The summed E-state index contributed by atoms with van der Waals surface area (Å²) in [4.78, 5) is 26.7. The van der Waals surface area contributed by atoms with Gasteiger partial charge in [-0.25, -0.2) is 9.59 Å². The van der Waals surface area contributed by atoms with Crippen molar-refractivity contribution in [3.05, 3.63) is 70.9 Å². The third-order valence-electron chi connectivity index (χ3n) is 5.06. The van der Waals surface area contributed by atoms with Crippen LogP contribution in [-0.4, -0.2) is 44.3 Å². The number of hydrogen-bond donors (Lipinski definition) is 1. The molecule has 7 nitrogen and oxygen atoms in total. The van der Waals surface area contributed by atoms with Crippen molar-refractivity contribution < 1.29 is 37.0 Å². The van der Waals surface area contributed by atoms with Crippen molar-refractivity contribution >= 4 is 12.0 Å². The highest BCUT2D eigenvalue weighted by atomic mass is 19.4. The van der Waals surface area contributed by atoms with E-state index in [4.69, 9.17) is 14.2 Å². The fraction of sp³-hybridized carbons (Fsp3) is 0.304. The van der Waals surface area contributed by atoms with E-state index in [-0.39, 0.29) is 30.2 Å². The van der Waals surface area contributed by atoms with Gasteiger partial charge in [0.1, 0.15) is 18.1 Å². The lowest BCUT2D eigenvalue weighted by molar-refractivity contribution is -0.139. The second-order valence-corrected chi connectivity index (χ2v) is 7.11.